The normalized spacial score (nSPS) is 28.2. The molecular weight excluding hydrogens is 426 g/mol. The second-order valence-corrected chi connectivity index (χ2v) is 11.2. The SMILES string of the molecule is CC(c1nc2ccccc2c(=O)[nH]1)N(CCCCCCN)C(=O)NC12CC3CC(CC(C3)C1)C2. The van der Waals surface area contributed by atoms with E-state index in [4.69, 9.17) is 10.7 Å². The highest BCUT2D eigenvalue weighted by Crippen LogP contribution is 2.55. The van der Waals surface area contributed by atoms with Gasteiger partial charge in [0, 0.05) is 12.1 Å². The quantitative estimate of drug-likeness (QED) is 0.475. The van der Waals surface area contributed by atoms with Crippen molar-refractivity contribution < 1.29 is 4.79 Å². The number of hydrogen-bond acceptors (Lipinski definition) is 4. The summed E-state index contributed by atoms with van der Waals surface area (Å²) in [5.74, 6) is 2.86. The zero-order valence-electron chi connectivity index (χ0n) is 20.4. The van der Waals surface area contributed by atoms with E-state index in [1.165, 1.54) is 19.3 Å². The number of nitrogens with two attached hydrogens (primary N) is 1. The number of unbranched alkanes of at least 4 members (excludes halogenated alkanes) is 3. The third-order valence-electron chi connectivity index (χ3n) is 8.52. The van der Waals surface area contributed by atoms with Crippen molar-refractivity contribution in [3.05, 3.63) is 40.4 Å². The van der Waals surface area contributed by atoms with Crippen molar-refractivity contribution in [3.63, 3.8) is 0 Å². The van der Waals surface area contributed by atoms with E-state index >= 15 is 0 Å². The summed E-state index contributed by atoms with van der Waals surface area (Å²) in [4.78, 5) is 36.1. The molecule has 34 heavy (non-hydrogen) atoms. The van der Waals surface area contributed by atoms with Crippen LogP contribution in [0.5, 0.6) is 0 Å². The minimum Gasteiger partial charge on any atom is -0.333 e. The van der Waals surface area contributed by atoms with E-state index in [0.717, 1.165) is 62.7 Å². The molecule has 0 saturated heterocycles. The summed E-state index contributed by atoms with van der Waals surface area (Å²) in [6.45, 7) is 3.32. The van der Waals surface area contributed by atoms with Crippen LogP contribution >= 0.6 is 0 Å². The van der Waals surface area contributed by atoms with Crippen molar-refractivity contribution in [1.82, 2.24) is 20.2 Å². The van der Waals surface area contributed by atoms with Crippen LogP contribution < -0.4 is 16.6 Å². The van der Waals surface area contributed by atoms with Crippen molar-refractivity contribution in [1.29, 1.82) is 0 Å². The molecule has 1 atom stereocenters. The van der Waals surface area contributed by atoms with Gasteiger partial charge in [-0.05, 0) is 94.7 Å². The van der Waals surface area contributed by atoms with E-state index in [1.807, 2.05) is 30.0 Å². The predicted octanol–water partition coefficient (Wildman–Crippen LogP) is 4.48. The molecule has 4 saturated carbocycles. The van der Waals surface area contributed by atoms with Gasteiger partial charge in [-0.15, -0.1) is 0 Å². The van der Waals surface area contributed by atoms with Crippen LogP contribution in [0.1, 0.15) is 83.0 Å². The first-order valence-corrected chi connectivity index (χ1v) is 13.2. The number of urea groups is 1. The average molecular weight is 466 g/mol. The maximum Gasteiger partial charge on any atom is 0.318 e. The number of amides is 2. The molecule has 6 rings (SSSR count). The highest BCUT2D eigenvalue weighted by atomic mass is 16.2. The lowest BCUT2D eigenvalue weighted by molar-refractivity contribution is -0.0164. The predicted molar refractivity (Wildman–Crippen MR) is 134 cm³/mol. The molecular formula is C27H39N5O2. The van der Waals surface area contributed by atoms with Crippen molar-refractivity contribution in [2.45, 2.75) is 82.7 Å². The highest BCUT2D eigenvalue weighted by Gasteiger charge is 2.52. The maximum absolute atomic E-state index is 13.8. The Hall–Kier alpha value is -2.41. The molecule has 4 aliphatic rings. The minimum absolute atomic E-state index is 0.0101. The lowest BCUT2D eigenvalue weighted by Crippen LogP contribution is -2.62. The zero-order valence-corrected chi connectivity index (χ0v) is 20.4. The number of nitrogens with one attached hydrogen (secondary N) is 2. The maximum atomic E-state index is 13.8. The third kappa shape index (κ3) is 4.72. The highest BCUT2D eigenvalue weighted by molar-refractivity contribution is 5.78. The number of fused-ring (bicyclic) bond motifs is 1. The van der Waals surface area contributed by atoms with Crippen LogP contribution in [0.2, 0.25) is 0 Å². The number of aromatic nitrogens is 2. The van der Waals surface area contributed by atoms with Crippen LogP contribution in [0.25, 0.3) is 10.9 Å². The first kappa shape index (κ1) is 23.3. The number of para-hydroxylation sites is 1. The summed E-state index contributed by atoms with van der Waals surface area (Å²) >= 11 is 0. The standard InChI is InChI=1S/C27H39N5O2/c1-18(24-29-23-9-5-4-8-22(23)25(33)30-24)32(11-7-3-2-6-10-28)26(34)31-27-15-19-12-20(16-27)14-21(13-19)17-27/h4-5,8-9,18-21H,2-3,6-7,10-17,28H2,1H3,(H,31,34)(H,29,30,33). The van der Waals surface area contributed by atoms with Crippen molar-refractivity contribution >= 4 is 16.9 Å². The molecule has 0 radical (unpaired) electrons. The molecule has 4 bridgehead atoms. The number of carbonyl (C=O) groups is 1. The summed E-state index contributed by atoms with van der Waals surface area (Å²) in [5.41, 5.74) is 6.11. The lowest BCUT2D eigenvalue weighted by Gasteiger charge is -2.57. The molecule has 4 N–H and O–H groups in total. The van der Waals surface area contributed by atoms with Gasteiger partial charge in [0.25, 0.3) is 5.56 Å². The summed E-state index contributed by atoms with van der Waals surface area (Å²) in [5, 5.41) is 4.10. The molecule has 7 nitrogen and oxygen atoms in total. The Labute approximate surface area is 201 Å². The Morgan fingerprint density at radius 2 is 1.76 bits per heavy atom. The first-order chi connectivity index (χ1) is 16.5. The second-order valence-electron chi connectivity index (χ2n) is 11.2. The average Bonchev–Trinajstić information content (AvgIpc) is 2.79. The summed E-state index contributed by atoms with van der Waals surface area (Å²) in [7, 11) is 0. The van der Waals surface area contributed by atoms with Crippen LogP contribution in [-0.2, 0) is 0 Å². The largest absolute Gasteiger partial charge is 0.333 e. The number of H-pyrrole nitrogens is 1. The van der Waals surface area contributed by atoms with Gasteiger partial charge in [0.05, 0.1) is 16.9 Å². The van der Waals surface area contributed by atoms with Gasteiger partial charge in [0.1, 0.15) is 5.82 Å². The van der Waals surface area contributed by atoms with Gasteiger partial charge < -0.3 is 20.9 Å². The van der Waals surface area contributed by atoms with Gasteiger partial charge >= 0.3 is 6.03 Å². The van der Waals surface area contributed by atoms with Crippen molar-refractivity contribution in [2.24, 2.45) is 23.5 Å². The van der Waals surface area contributed by atoms with Crippen LogP contribution in [0.15, 0.2) is 29.1 Å². The van der Waals surface area contributed by atoms with E-state index < -0.39 is 0 Å². The smallest absolute Gasteiger partial charge is 0.318 e. The fraction of sp³-hybridized carbons (Fsp3) is 0.667. The Balaban J connectivity index is 1.36. The molecule has 7 heteroatoms. The van der Waals surface area contributed by atoms with E-state index in [2.05, 4.69) is 10.3 Å². The minimum atomic E-state index is -0.319. The van der Waals surface area contributed by atoms with Gasteiger partial charge in [-0.2, -0.15) is 0 Å². The molecule has 2 amide bonds. The van der Waals surface area contributed by atoms with E-state index in [0.29, 0.717) is 29.8 Å². The number of nitrogens with zero attached hydrogens (tertiary/aromatic N) is 2. The van der Waals surface area contributed by atoms with Crippen LogP contribution in [0.3, 0.4) is 0 Å². The van der Waals surface area contributed by atoms with Crippen molar-refractivity contribution in [2.75, 3.05) is 13.1 Å². The van der Waals surface area contributed by atoms with Crippen LogP contribution in [0, 0.1) is 17.8 Å². The summed E-state index contributed by atoms with van der Waals surface area (Å²) < 4.78 is 0. The fourth-order valence-corrected chi connectivity index (χ4v) is 7.26. The molecule has 1 unspecified atom stereocenters. The first-order valence-electron chi connectivity index (χ1n) is 13.2. The Kier molecular flexibility index (Phi) is 6.65. The fourth-order valence-electron chi connectivity index (χ4n) is 7.26. The third-order valence-corrected chi connectivity index (χ3v) is 8.52. The van der Waals surface area contributed by atoms with E-state index in [9.17, 15) is 9.59 Å². The topological polar surface area (TPSA) is 104 Å². The molecule has 0 spiro atoms. The van der Waals surface area contributed by atoms with Gasteiger partial charge in [0.2, 0.25) is 0 Å². The number of aromatic amines is 1. The van der Waals surface area contributed by atoms with Gasteiger partial charge in [-0.3, -0.25) is 4.79 Å². The molecule has 1 heterocycles. The Bertz CT molecular complexity index is 1040. The molecule has 1 aromatic heterocycles. The van der Waals surface area contributed by atoms with E-state index in [-0.39, 0.29) is 23.2 Å². The molecule has 184 valence electrons. The van der Waals surface area contributed by atoms with E-state index in [1.54, 1.807) is 6.07 Å². The van der Waals surface area contributed by atoms with Crippen molar-refractivity contribution in [3.8, 4) is 0 Å². The summed E-state index contributed by atoms with van der Waals surface area (Å²) in [6, 6.07) is 7.04. The number of rotatable bonds is 9. The van der Waals surface area contributed by atoms with Crippen LogP contribution in [-0.4, -0.2) is 39.5 Å². The lowest BCUT2D eigenvalue weighted by atomic mass is 9.53. The summed E-state index contributed by atoms with van der Waals surface area (Å²) in [6.07, 6.45) is 11.4. The van der Waals surface area contributed by atoms with Gasteiger partial charge in [-0.25, -0.2) is 9.78 Å². The second kappa shape index (κ2) is 9.68. The van der Waals surface area contributed by atoms with Gasteiger partial charge in [0.15, 0.2) is 0 Å². The molecule has 1 aromatic carbocycles. The Morgan fingerprint density at radius 1 is 1.12 bits per heavy atom. The molecule has 4 aliphatic carbocycles. The monoisotopic (exact) mass is 465 g/mol. The zero-order chi connectivity index (χ0) is 23.7. The molecule has 2 aromatic rings. The number of hydrogen-bond donors (Lipinski definition) is 3. The Morgan fingerprint density at radius 3 is 2.44 bits per heavy atom. The van der Waals surface area contributed by atoms with Gasteiger partial charge in [-0.1, -0.05) is 25.0 Å². The number of carbonyl (C=O) groups excluding carboxylic acids is 1. The molecule has 4 fully saturated rings. The van der Waals surface area contributed by atoms with Crippen LogP contribution in [0.4, 0.5) is 4.79 Å². The number of benzene rings is 1. The molecule has 0 aliphatic heterocycles.